The first-order valence-corrected chi connectivity index (χ1v) is 13.1. The molecular formula is C28H34Cl2N2O6. The number of ether oxygens (including phenoxy) is 3. The molecule has 0 saturated carbocycles. The first-order chi connectivity index (χ1) is 17.9. The quantitative estimate of drug-likeness (QED) is 0.313. The Balaban J connectivity index is 2.05. The minimum atomic E-state index is -1.48. The van der Waals surface area contributed by atoms with Gasteiger partial charge in [-0.15, -0.1) is 0 Å². The number of hydrogen-bond acceptors (Lipinski definition) is 7. The summed E-state index contributed by atoms with van der Waals surface area (Å²) in [5.41, 5.74) is -1.00. The highest BCUT2D eigenvalue weighted by atomic mass is 35.5. The number of hydrogen-bond donors (Lipinski definition) is 1. The van der Waals surface area contributed by atoms with E-state index in [4.69, 9.17) is 47.5 Å². The Morgan fingerprint density at radius 3 is 2.39 bits per heavy atom. The van der Waals surface area contributed by atoms with Gasteiger partial charge in [0, 0.05) is 54.7 Å². The Kier molecular flexibility index (Phi) is 9.68. The Bertz CT molecular complexity index is 1180. The molecule has 0 aromatic heterocycles. The van der Waals surface area contributed by atoms with Crippen LogP contribution in [0, 0.1) is 0 Å². The summed E-state index contributed by atoms with van der Waals surface area (Å²) in [5.74, 6) is 0.0782. The third-order valence-electron chi connectivity index (χ3n) is 5.79. The van der Waals surface area contributed by atoms with E-state index in [-0.39, 0.29) is 31.3 Å². The molecule has 1 heterocycles. The van der Waals surface area contributed by atoms with Gasteiger partial charge in [0.05, 0.1) is 6.61 Å². The lowest BCUT2D eigenvalue weighted by atomic mass is 9.83. The van der Waals surface area contributed by atoms with Gasteiger partial charge in [-0.05, 0) is 63.6 Å². The number of rotatable bonds is 10. The number of benzene rings is 2. The number of carbonyl (C=O) groups is 2. The number of amides is 1. The van der Waals surface area contributed by atoms with Crippen LogP contribution < -0.4 is 4.74 Å². The number of aliphatic imine (C=N–C) groups is 1. The highest BCUT2D eigenvalue weighted by Crippen LogP contribution is 2.46. The number of carbonyl (C=O) groups excluding carboxylic acids is 2. The predicted molar refractivity (Wildman–Crippen MR) is 147 cm³/mol. The molecule has 0 spiro atoms. The Morgan fingerprint density at radius 2 is 1.82 bits per heavy atom. The first-order valence-electron chi connectivity index (χ1n) is 12.4. The SMILES string of the molecule is CN(C)C(=O)[C@]1(CCC(=O)OC(C)(C)C)N=C(c2ccc(OCCCO)cc2)O[C@@H]1c1ccc(Cl)cc1Cl. The van der Waals surface area contributed by atoms with Crippen LogP contribution in [-0.2, 0) is 19.1 Å². The third kappa shape index (κ3) is 7.18. The minimum absolute atomic E-state index is 0.0361. The zero-order chi connectivity index (χ0) is 28.1. The molecule has 0 aliphatic carbocycles. The van der Waals surface area contributed by atoms with E-state index in [1.54, 1.807) is 77.3 Å². The summed E-state index contributed by atoms with van der Waals surface area (Å²) in [6, 6.07) is 12.0. The average Bonchev–Trinajstić information content (AvgIpc) is 3.22. The molecule has 206 valence electrons. The largest absolute Gasteiger partial charge is 0.494 e. The van der Waals surface area contributed by atoms with Crippen LogP contribution in [0.25, 0.3) is 0 Å². The van der Waals surface area contributed by atoms with Gasteiger partial charge in [-0.3, -0.25) is 9.59 Å². The average molecular weight is 565 g/mol. The topological polar surface area (TPSA) is 97.7 Å². The van der Waals surface area contributed by atoms with Crippen molar-refractivity contribution in [2.75, 3.05) is 27.3 Å². The monoisotopic (exact) mass is 564 g/mol. The van der Waals surface area contributed by atoms with Gasteiger partial charge in [0.25, 0.3) is 5.91 Å². The van der Waals surface area contributed by atoms with Gasteiger partial charge in [-0.25, -0.2) is 4.99 Å². The minimum Gasteiger partial charge on any atom is -0.494 e. The van der Waals surface area contributed by atoms with Crippen molar-refractivity contribution < 1.29 is 28.9 Å². The zero-order valence-corrected chi connectivity index (χ0v) is 23.8. The molecule has 0 unspecified atom stereocenters. The molecule has 2 aromatic rings. The fourth-order valence-electron chi connectivity index (χ4n) is 4.12. The number of likely N-dealkylation sites (N-methyl/N-ethyl adjacent to an activating group) is 1. The molecule has 0 bridgehead atoms. The van der Waals surface area contributed by atoms with Gasteiger partial charge in [0.2, 0.25) is 5.90 Å². The molecule has 0 saturated heterocycles. The van der Waals surface area contributed by atoms with Gasteiger partial charge in [-0.2, -0.15) is 0 Å². The Labute approximate surface area is 233 Å². The van der Waals surface area contributed by atoms with E-state index >= 15 is 0 Å². The molecule has 10 heteroatoms. The Hall–Kier alpha value is -2.81. The zero-order valence-electron chi connectivity index (χ0n) is 22.3. The smallest absolute Gasteiger partial charge is 0.306 e. The molecular weight excluding hydrogens is 531 g/mol. The summed E-state index contributed by atoms with van der Waals surface area (Å²) in [5, 5.41) is 9.72. The summed E-state index contributed by atoms with van der Waals surface area (Å²) in [7, 11) is 3.26. The highest BCUT2D eigenvalue weighted by Gasteiger charge is 2.54. The van der Waals surface area contributed by atoms with Crippen LogP contribution >= 0.6 is 23.2 Å². The van der Waals surface area contributed by atoms with Crippen LogP contribution in [0.3, 0.4) is 0 Å². The third-order valence-corrected chi connectivity index (χ3v) is 6.35. The summed E-state index contributed by atoms with van der Waals surface area (Å²) in [6.45, 7) is 5.79. The van der Waals surface area contributed by atoms with Crippen molar-refractivity contribution in [2.24, 2.45) is 4.99 Å². The molecule has 1 amide bonds. The fraction of sp³-hybridized carbons (Fsp3) is 0.464. The number of aliphatic hydroxyl groups excluding tert-OH is 1. The van der Waals surface area contributed by atoms with Crippen LogP contribution in [0.2, 0.25) is 10.0 Å². The highest BCUT2D eigenvalue weighted by molar-refractivity contribution is 6.35. The van der Waals surface area contributed by atoms with Crippen LogP contribution in [-0.4, -0.2) is 66.2 Å². The first kappa shape index (κ1) is 29.7. The maximum absolute atomic E-state index is 13.8. The lowest BCUT2D eigenvalue weighted by molar-refractivity contribution is -0.155. The van der Waals surface area contributed by atoms with Gasteiger partial charge < -0.3 is 24.2 Å². The van der Waals surface area contributed by atoms with Crippen molar-refractivity contribution in [3.05, 3.63) is 63.6 Å². The van der Waals surface area contributed by atoms with Crippen molar-refractivity contribution in [1.82, 2.24) is 4.90 Å². The van der Waals surface area contributed by atoms with Crippen molar-refractivity contribution >= 4 is 41.0 Å². The lowest BCUT2D eigenvalue weighted by Gasteiger charge is -2.33. The molecule has 0 fully saturated rings. The fourth-order valence-corrected chi connectivity index (χ4v) is 4.62. The summed E-state index contributed by atoms with van der Waals surface area (Å²) < 4.78 is 17.5. The molecule has 1 N–H and O–H groups in total. The molecule has 38 heavy (non-hydrogen) atoms. The van der Waals surface area contributed by atoms with Crippen LogP contribution in [0.5, 0.6) is 5.75 Å². The molecule has 0 radical (unpaired) electrons. The van der Waals surface area contributed by atoms with Crippen molar-refractivity contribution in [3.63, 3.8) is 0 Å². The van der Waals surface area contributed by atoms with E-state index in [0.717, 1.165) is 0 Å². The van der Waals surface area contributed by atoms with E-state index < -0.39 is 23.2 Å². The predicted octanol–water partition coefficient (Wildman–Crippen LogP) is 5.22. The van der Waals surface area contributed by atoms with Gasteiger partial charge in [0.1, 0.15) is 11.4 Å². The second kappa shape index (κ2) is 12.4. The number of nitrogens with zero attached hydrogens (tertiary/aromatic N) is 2. The maximum Gasteiger partial charge on any atom is 0.306 e. The molecule has 8 nitrogen and oxygen atoms in total. The second-order valence-electron chi connectivity index (χ2n) is 10.2. The number of esters is 1. The van der Waals surface area contributed by atoms with E-state index in [1.807, 2.05) is 0 Å². The standard InChI is InChI=1S/C28H34Cl2N2O6/c1-27(2,3)38-23(34)13-14-28(26(35)32(4)5)24(21-12-9-19(29)17-22(21)30)37-25(31-28)18-7-10-20(11-8-18)36-16-6-15-33/h7-12,17,24,33H,6,13-16H2,1-5H3/t24-,28-/m1/s1. The molecule has 3 rings (SSSR count). The van der Waals surface area contributed by atoms with Gasteiger partial charge >= 0.3 is 5.97 Å². The van der Waals surface area contributed by atoms with E-state index in [9.17, 15) is 9.59 Å². The van der Waals surface area contributed by atoms with E-state index in [0.29, 0.717) is 39.9 Å². The summed E-state index contributed by atoms with van der Waals surface area (Å²) >= 11 is 12.7. The molecule has 1 aliphatic rings. The van der Waals surface area contributed by atoms with E-state index in [1.165, 1.54) is 4.90 Å². The maximum atomic E-state index is 13.8. The second-order valence-corrected chi connectivity index (χ2v) is 11.1. The summed E-state index contributed by atoms with van der Waals surface area (Å²) in [6.07, 6.45) is -0.418. The molecule has 1 aliphatic heterocycles. The summed E-state index contributed by atoms with van der Waals surface area (Å²) in [4.78, 5) is 32.7. The number of halogens is 2. The number of aliphatic hydroxyl groups is 1. The normalized spacial score (nSPS) is 18.9. The van der Waals surface area contributed by atoms with Gasteiger partial charge in [-0.1, -0.05) is 29.3 Å². The van der Waals surface area contributed by atoms with Crippen LogP contribution in [0.4, 0.5) is 0 Å². The van der Waals surface area contributed by atoms with Crippen LogP contribution in [0.1, 0.15) is 57.3 Å². The molecule has 2 aromatic carbocycles. The molecule has 2 atom stereocenters. The van der Waals surface area contributed by atoms with E-state index in [2.05, 4.69) is 0 Å². The Morgan fingerprint density at radius 1 is 1.13 bits per heavy atom. The van der Waals surface area contributed by atoms with Crippen molar-refractivity contribution in [2.45, 2.75) is 57.3 Å². The van der Waals surface area contributed by atoms with Crippen LogP contribution in [0.15, 0.2) is 47.5 Å². The van der Waals surface area contributed by atoms with Gasteiger partial charge in [0.15, 0.2) is 11.6 Å². The van der Waals surface area contributed by atoms with Crippen molar-refractivity contribution in [1.29, 1.82) is 0 Å². The van der Waals surface area contributed by atoms with Crippen molar-refractivity contribution in [3.8, 4) is 5.75 Å². The lowest BCUT2D eigenvalue weighted by Crippen LogP contribution is -2.48.